The van der Waals surface area contributed by atoms with Crippen LogP contribution in [-0.4, -0.2) is 24.3 Å². The molecule has 0 atom stereocenters. The number of anilines is 1. The zero-order chi connectivity index (χ0) is 20.6. The van der Waals surface area contributed by atoms with Crippen molar-refractivity contribution in [2.24, 2.45) is 0 Å². The maximum Gasteiger partial charge on any atom is 0.338 e. The van der Waals surface area contributed by atoms with Crippen molar-refractivity contribution in [1.82, 2.24) is 0 Å². The van der Waals surface area contributed by atoms with Gasteiger partial charge in [-0.25, -0.2) is 4.79 Å². The Hall–Kier alpha value is -3.80. The molecule has 0 saturated carbocycles. The summed E-state index contributed by atoms with van der Waals surface area (Å²) in [4.78, 5) is 36.3. The van der Waals surface area contributed by atoms with Gasteiger partial charge in [-0.1, -0.05) is 30.3 Å². The molecule has 3 rings (SSSR count). The number of aromatic nitrogens is 1. The number of ketones is 1. The lowest BCUT2D eigenvalue weighted by atomic mass is 10.0. The van der Waals surface area contributed by atoms with Crippen molar-refractivity contribution in [3.05, 3.63) is 95.8 Å². The van der Waals surface area contributed by atoms with E-state index in [1.807, 2.05) is 18.2 Å². The van der Waals surface area contributed by atoms with Gasteiger partial charge < -0.3 is 10.1 Å². The molecule has 0 unspecified atom stereocenters. The minimum atomic E-state index is -0.397. The molecule has 1 aromatic heterocycles. The second kappa shape index (κ2) is 9.41. The van der Waals surface area contributed by atoms with Crippen LogP contribution in [0.5, 0.6) is 0 Å². The number of hydrogen-bond acceptors (Lipinski definition) is 4. The molecule has 0 fully saturated rings. The van der Waals surface area contributed by atoms with Crippen LogP contribution in [0.15, 0.2) is 79.1 Å². The van der Waals surface area contributed by atoms with Crippen LogP contribution in [0.2, 0.25) is 0 Å². The van der Waals surface area contributed by atoms with Gasteiger partial charge in [0.15, 0.2) is 18.2 Å². The van der Waals surface area contributed by atoms with E-state index in [1.54, 1.807) is 72.4 Å². The smallest absolute Gasteiger partial charge is 0.338 e. The predicted molar refractivity (Wildman–Crippen MR) is 108 cm³/mol. The summed E-state index contributed by atoms with van der Waals surface area (Å²) < 4.78 is 6.61. The summed E-state index contributed by atoms with van der Waals surface area (Å²) in [6, 6.07) is 18.9. The van der Waals surface area contributed by atoms with Crippen molar-refractivity contribution in [1.29, 1.82) is 0 Å². The third kappa shape index (κ3) is 5.35. The number of rotatable bonds is 7. The molecule has 1 N–H and O–H groups in total. The molecule has 0 bridgehead atoms. The van der Waals surface area contributed by atoms with E-state index in [0.29, 0.717) is 29.0 Å². The molecule has 29 heavy (non-hydrogen) atoms. The quantitative estimate of drug-likeness (QED) is 0.383. The van der Waals surface area contributed by atoms with Gasteiger partial charge in [0, 0.05) is 28.9 Å². The number of nitrogens with one attached hydrogen (secondary N) is 1. The molecule has 1 heterocycles. The first-order valence-electron chi connectivity index (χ1n) is 9.22. The Morgan fingerprint density at radius 1 is 0.828 bits per heavy atom. The Morgan fingerprint density at radius 3 is 2.07 bits per heavy atom. The molecule has 0 aliphatic heterocycles. The fourth-order valence-corrected chi connectivity index (χ4v) is 2.74. The van der Waals surface area contributed by atoms with E-state index >= 15 is 0 Å². The van der Waals surface area contributed by atoms with Gasteiger partial charge in [-0.05, 0) is 31.2 Å². The van der Waals surface area contributed by atoms with Crippen LogP contribution in [-0.2, 0) is 16.1 Å². The fourth-order valence-electron chi connectivity index (χ4n) is 2.74. The van der Waals surface area contributed by atoms with Gasteiger partial charge in [0.2, 0.25) is 6.54 Å². The Labute approximate surface area is 168 Å². The van der Waals surface area contributed by atoms with E-state index in [-0.39, 0.29) is 18.2 Å². The largest absolute Gasteiger partial charge is 0.462 e. The molecule has 0 spiro atoms. The number of carbonyl (C=O) groups excluding carboxylic acids is 3. The minimum absolute atomic E-state index is 0.0658. The van der Waals surface area contributed by atoms with Crippen molar-refractivity contribution >= 4 is 23.3 Å². The summed E-state index contributed by atoms with van der Waals surface area (Å²) in [5.41, 5.74) is 2.19. The molecule has 146 valence electrons. The average molecular weight is 389 g/mol. The number of esters is 1. The maximum atomic E-state index is 12.4. The monoisotopic (exact) mass is 389 g/mol. The van der Waals surface area contributed by atoms with Crippen LogP contribution >= 0.6 is 0 Å². The highest BCUT2D eigenvalue weighted by Gasteiger charge is 2.14. The Kier molecular flexibility index (Phi) is 6.47. The number of hydrogen-bond donors (Lipinski definition) is 1. The van der Waals surface area contributed by atoms with Gasteiger partial charge >= 0.3 is 5.97 Å². The van der Waals surface area contributed by atoms with Crippen LogP contribution in [0.25, 0.3) is 0 Å². The van der Waals surface area contributed by atoms with Crippen molar-refractivity contribution in [3.63, 3.8) is 0 Å². The summed E-state index contributed by atoms with van der Waals surface area (Å²) in [6.45, 7) is 2.15. The summed E-state index contributed by atoms with van der Waals surface area (Å²) in [7, 11) is 0. The lowest BCUT2D eigenvalue weighted by Crippen LogP contribution is -2.39. The number of nitrogens with zero attached hydrogens (tertiary/aromatic N) is 1. The summed E-state index contributed by atoms with van der Waals surface area (Å²) >= 11 is 0. The van der Waals surface area contributed by atoms with Gasteiger partial charge in [0.25, 0.3) is 5.91 Å². The van der Waals surface area contributed by atoms with E-state index in [2.05, 4.69) is 5.32 Å². The number of pyridine rings is 1. The highest BCUT2D eigenvalue weighted by molar-refractivity contribution is 6.08. The second-order valence-corrected chi connectivity index (χ2v) is 6.30. The molecule has 0 radical (unpaired) electrons. The molecule has 1 amide bonds. The van der Waals surface area contributed by atoms with Gasteiger partial charge in [-0.3, -0.25) is 9.59 Å². The number of carbonyl (C=O) groups is 3. The SMILES string of the molecule is CCOC(=O)c1ccc(NC(=O)C[n+]2ccc(C(=O)c3ccccc3)cc2)cc1. The maximum absolute atomic E-state index is 12.4. The van der Waals surface area contributed by atoms with Crippen LogP contribution in [0.3, 0.4) is 0 Å². The highest BCUT2D eigenvalue weighted by atomic mass is 16.5. The van der Waals surface area contributed by atoms with Crippen LogP contribution in [0.1, 0.15) is 33.2 Å². The molecular formula is C23H21N2O4+. The number of benzene rings is 2. The third-order valence-corrected chi connectivity index (χ3v) is 4.20. The second-order valence-electron chi connectivity index (χ2n) is 6.30. The normalized spacial score (nSPS) is 10.2. The Balaban J connectivity index is 1.58. The first kappa shape index (κ1) is 19.9. The molecule has 3 aromatic rings. The van der Waals surface area contributed by atoms with Crippen LogP contribution in [0.4, 0.5) is 5.69 Å². The molecule has 0 aliphatic carbocycles. The van der Waals surface area contributed by atoms with E-state index in [1.165, 1.54) is 0 Å². The molecule has 6 heteroatoms. The van der Waals surface area contributed by atoms with E-state index in [9.17, 15) is 14.4 Å². The van der Waals surface area contributed by atoms with Crippen molar-refractivity contribution in [2.75, 3.05) is 11.9 Å². The van der Waals surface area contributed by atoms with E-state index in [0.717, 1.165) is 0 Å². The summed E-state index contributed by atoms with van der Waals surface area (Å²) in [5.74, 6) is -0.684. The lowest BCUT2D eigenvalue weighted by Gasteiger charge is -2.05. The van der Waals surface area contributed by atoms with Gasteiger partial charge in [0.1, 0.15) is 0 Å². The van der Waals surface area contributed by atoms with Gasteiger partial charge in [0.05, 0.1) is 12.2 Å². The topological polar surface area (TPSA) is 76.3 Å². The average Bonchev–Trinajstić information content (AvgIpc) is 2.75. The van der Waals surface area contributed by atoms with Gasteiger partial charge in [-0.15, -0.1) is 0 Å². The summed E-state index contributed by atoms with van der Waals surface area (Å²) in [5, 5.41) is 2.77. The third-order valence-electron chi connectivity index (χ3n) is 4.20. The van der Waals surface area contributed by atoms with Crippen LogP contribution < -0.4 is 9.88 Å². The Morgan fingerprint density at radius 2 is 1.45 bits per heavy atom. The molecule has 0 aliphatic rings. The summed E-state index contributed by atoms with van der Waals surface area (Å²) in [6.07, 6.45) is 3.39. The van der Waals surface area contributed by atoms with Crippen molar-refractivity contribution in [3.8, 4) is 0 Å². The lowest BCUT2D eigenvalue weighted by molar-refractivity contribution is -0.684. The van der Waals surface area contributed by atoms with Crippen LogP contribution in [0, 0.1) is 0 Å². The molecule has 0 saturated heterocycles. The first-order valence-corrected chi connectivity index (χ1v) is 9.22. The Bertz CT molecular complexity index is 997. The zero-order valence-electron chi connectivity index (χ0n) is 16.0. The fraction of sp³-hybridized carbons (Fsp3) is 0.130. The minimum Gasteiger partial charge on any atom is -0.462 e. The highest BCUT2D eigenvalue weighted by Crippen LogP contribution is 2.11. The first-order chi connectivity index (χ1) is 14.1. The van der Waals surface area contributed by atoms with E-state index < -0.39 is 5.97 Å². The number of ether oxygens (including phenoxy) is 1. The van der Waals surface area contributed by atoms with Gasteiger partial charge in [-0.2, -0.15) is 4.57 Å². The predicted octanol–water partition coefficient (Wildman–Crippen LogP) is 3.02. The zero-order valence-corrected chi connectivity index (χ0v) is 16.0. The molecule has 6 nitrogen and oxygen atoms in total. The molecular weight excluding hydrogens is 368 g/mol. The van der Waals surface area contributed by atoms with Crippen molar-refractivity contribution in [2.45, 2.75) is 13.5 Å². The van der Waals surface area contributed by atoms with E-state index in [4.69, 9.17) is 4.74 Å². The standard InChI is InChI=1S/C23H20N2O4/c1-2-29-23(28)19-8-10-20(11-9-19)24-21(26)16-25-14-12-18(13-15-25)22(27)17-6-4-3-5-7-17/h3-15H,2,16H2,1H3/p+1. The van der Waals surface area contributed by atoms with Crippen molar-refractivity contribution < 1.29 is 23.7 Å². The molecule has 2 aromatic carbocycles. The number of amides is 1.